The number of fused-ring (bicyclic) bond motifs is 5. The van der Waals surface area contributed by atoms with Crippen LogP contribution < -0.4 is 0 Å². The predicted molar refractivity (Wildman–Crippen MR) is 116 cm³/mol. The van der Waals surface area contributed by atoms with Gasteiger partial charge in [-0.3, -0.25) is 9.59 Å². The fourth-order valence-electron chi connectivity index (χ4n) is 5.42. The van der Waals surface area contributed by atoms with E-state index in [1.807, 2.05) is 52.3 Å². The van der Waals surface area contributed by atoms with E-state index in [0.717, 1.165) is 40.6 Å². The number of aromatic amines is 1. The molecule has 3 aliphatic rings. The average molecular weight is 397 g/mol. The first-order chi connectivity index (χ1) is 14.7. The van der Waals surface area contributed by atoms with Crippen molar-refractivity contribution in [2.24, 2.45) is 0 Å². The molecule has 150 valence electrons. The zero-order chi connectivity index (χ0) is 20.2. The second kappa shape index (κ2) is 6.59. The second-order valence-corrected chi connectivity index (χ2v) is 8.43. The molecular weight excluding hydrogens is 374 g/mol. The Kier molecular flexibility index (Phi) is 3.85. The largest absolute Gasteiger partial charge is 0.356 e. The smallest absolute Gasteiger partial charge is 0.246 e. The van der Waals surface area contributed by atoms with E-state index < -0.39 is 6.04 Å². The molecule has 0 radical (unpaired) electrons. The molecule has 1 N–H and O–H groups in total. The number of hydrogen-bond acceptors (Lipinski definition) is 2. The number of carbonyl (C=O) groups excluding carboxylic acids is 2. The third-order valence-corrected chi connectivity index (χ3v) is 6.81. The van der Waals surface area contributed by atoms with Gasteiger partial charge in [0.05, 0.1) is 6.04 Å². The maximum atomic E-state index is 13.5. The lowest BCUT2D eigenvalue weighted by Gasteiger charge is -2.47. The number of nitrogens with one attached hydrogen (secondary N) is 1. The van der Waals surface area contributed by atoms with E-state index in [1.165, 1.54) is 0 Å². The lowest BCUT2D eigenvalue weighted by Crippen LogP contribution is -2.65. The average Bonchev–Trinajstić information content (AvgIpc) is 3.41. The SMILES string of the molecule is O=C1[C@@H]2Cc3c([nH]c4ccccc34)C(/C=C/c3ccccc3)N2C(=O)[C@@H]2CCCN12. The molecule has 0 spiro atoms. The van der Waals surface area contributed by atoms with Crippen molar-refractivity contribution in [3.63, 3.8) is 0 Å². The van der Waals surface area contributed by atoms with Crippen molar-refractivity contribution >= 4 is 28.8 Å². The van der Waals surface area contributed by atoms with Gasteiger partial charge in [0.2, 0.25) is 11.8 Å². The number of carbonyl (C=O) groups is 2. The summed E-state index contributed by atoms with van der Waals surface area (Å²) in [6.45, 7) is 0.699. The van der Waals surface area contributed by atoms with E-state index >= 15 is 0 Å². The zero-order valence-corrected chi connectivity index (χ0v) is 16.6. The molecule has 6 rings (SSSR count). The number of rotatable bonds is 2. The molecule has 2 fully saturated rings. The van der Waals surface area contributed by atoms with Gasteiger partial charge in [-0.25, -0.2) is 0 Å². The number of nitrogens with zero attached hydrogens (tertiary/aromatic N) is 2. The molecule has 2 aromatic carbocycles. The van der Waals surface area contributed by atoms with Gasteiger partial charge in [0.15, 0.2) is 0 Å². The Morgan fingerprint density at radius 2 is 1.73 bits per heavy atom. The van der Waals surface area contributed by atoms with Crippen molar-refractivity contribution in [1.29, 1.82) is 0 Å². The minimum Gasteiger partial charge on any atom is -0.356 e. The van der Waals surface area contributed by atoms with Gasteiger partial charge in [0.1, 0.15) is 12.1 Å². The molecule has 5 nitrogen and oxygen atoms in total. The highest BCUT2D eigenvalue weighted by Crippen LogP contribution is 2.42. The standard InChI is InChI=1S/C25H23N3O2/c29-24-22-15-18-17-9-4-5-10-19(17)26-23(18)20(13-12-16-7-2-1-3-8-16)28(22)25(30)21-11-6-14-27(21)24/h1-5,7-10,12-13,20-22,26H,6,11,14-15H2/b13-12+/t20?,21-,22-/m0/s1. The van der Waals surface area contributed by atoms with Crippen LogP contribution in [-0.2, 0) is 16.0 Å². The molecular formula is C25H23N3O2. The summed E-state index contributed by atoms with van der Waals surface area (Å²) >= 11 is 0. The van der Waals surface area contributed by atoms with Gasteiger partial charge in [-0.2, -0.15) is 0 Å². The van der Waals surface area contributed by atoms with Crippen LogP contribution >= 0.6 is 0 Å². The third kappa shape index (κ3) is 2.48. The number of H-pyrrole nitrogens is 1. The van der Waals surface area contributed by atoms with Crippen LogP contribution in [0.15, 0.2) is 60.7 Å². The van der Waals surface area contributed by atoms with Gasteiger partial charge in [-0.15, -0.1) is 0 Å². The lowest BCUT2D eigenvalue weighted by atomic mass is 9.87. The van der Waals surface area contributed by atoms with Crippen LogP contribution in [0.1, 0.15) is 35.7 Å². The maximum Gasteiger partial charge on any atom is 0.246 e. The van der Waals surface area contributed by atoms with E-state index in [1.54, 1.807) is 0 Å². The fraction of sp³-hybridized carbons (Fsp3) is 0.280. The van der Waals surface area contributed by atoms with Crippen molar-refractivity contribution < 1.29 is 9.59 Å². The lowest BCUT2D eigenvalue weighted by molar-refractivity contribution is -0.162. The second-order valence-electron chi connectivity index (χ2n) is 8.43. The molecule has 30 heavy (non-hydrogen) atoms. The summed E-state index contributed by atoms with van der Waals surface area (Å²) in [5.74, 6) is 0.190. The Morgan fingerprint density at radius 1 is 0.933 bits per heavy atom. The van der Waals surface area contributed by atoms with Crippen LogP contribution in [0.3, 0.4) is 0 Å². The third-order valence-electron chi connectivity index (χ3n) is 6.81. The topological polar surface area (TPSA) is 56.4 Å². The number of benzene rings is 2. The Balaban J connectivity index is 1.51. The van der Waals surface area contributed by atoms with Gasteiger partial charge in [-0.1, -0.05) is 60.7 Å². The number of aromatic nitrogens is 1. The molecule has 3 aliphatic heterocycles. The highest BCUT2D eigenvalue weighted by molar-refractivity contribution is 5.99. The molecule has 3 atom stereocenters. The van der Waals surface area contributed by atoms with Gasteiger partial charge in [-0.05, 0) is 30.0 Å². The number of piperazine rings is 1. The zero-order valence-electron chi connectivity index (χ0n) is 16.6. The van der Waals surface area contributed by atoms with E-state index in [2.05, 4.69) is 29.3 Å². The Bertz CT molecular complexity index is 1180. The first-order valence-corrected chi connectivity index (χ1v) is 10.7. The minimum absolute atomic E-state index is 0.0871. The summed E-state index contributed by atoms with van der Waals surface area (Å²) in [6.07, 6.45) is 6.37. The van der Waals surface area contributed by atoms with Crippen LogP contribution in [-0.4, -0.2) is 45.2 Å². The predicted octanol–water partition coefficient (Wildman–Crippen LogP) is 3.68. The molecule has 4 heterocycles. The minimum atomic E-state index is -0.427. The summed E-state index contributed by atoms with van der Waals surface area (Å²) in [4.78, 5) is 34.1. The number of para-hydroxylation sites is 1. The van der Waals surface area contributed by atoms with Crippen LogP contribution in [0.25, 0.3) is 17.0 Å². The molecule has 3 aromatic rings. The van der Waals surface area contributed by atoms with E-state index in [-0.39, 0.29) is 23.9 Å². The van der Waals surface area contributed by atoms with Crippen LogP contribution in [0.2, 0.25) is 0 Å². The molecule has 5 heteroatoms. The Morgan fingerprint density at radius 3 is 2.60 bits per heavy atom. The van der Waals surface area contributed by atoms with E-state index in [4.69, 9.17) is 0 Å². The van der Waals surface area contributed by atoms with Gasteiger partial charge in [0, 0.05) is 29.6 Å². The van der Waals surface area contributed by atoms with Crippen molar-refractivity contribution in [3.8, 4) is 0 Å². The highest BCUT2D eigenvalue weighted by Gasteiger charge is 2.52. The van der Waals surface area contributed by atoms with Gasteiger partial charge < -0.3 is 14.8 Å². The Labute approximate surface area is 175 Å². The maximum absolute atomic E-state index is 13.5. The molecule has 0 bridgehead atoms. The number of hydrogen-bond donors (Lipinski definition) is 1. The molecule has 2 saturated heterocycles. The fourth-order valence-corrected chi connectivity index (χ4v) is 5.42. The first kappa shape index (κ1) is 17.5. The summed E-state index contributed by atoms with van der Waals surface area (Å²) in [5.41, 5.74) is 4.33. The highest BCUT2D eigenvalue weighted by atomic mass is 16.2. The van der Waals surface area contributed by atoms with Crippen molar-refractivity contribution in [1.82, 2.24) is 14.8 Å². The van der Waals surface area contributed by atoms with Crippen molar-refractivity contribution in [3.05, 3.63) is 77.5 Å². The molecule has 0 saturated carbocycles. The van der Waals surface area contributed by atoms with Crippen molar-refractivity contribution in [2.75, 3.05) is 6.54 Å². The normalized spacial score (nSPS) is 25.7. The van der Waals surface area contributed by atoms with Gasteiger partial charge >= 0.3 is 0 Å². The monoisotopic (exact) mass is 397 g/mol. The summed E-state index contributed by atoms with van der Waals surface area (Å²) < 4.78 is 0. The quantitative estimate of drug-likeness (QED) is 0.717. The molecule has 2 amide bonds. The Hall–Kier alpha value is -3.34. The van der Waals surface area contributed by atoms with Crippen LogP contribution in [0.4, 0.5) is 0 Å². The van der Waals surface area contributed by atoms with E-state index in [0.29, 0.717) is 13.0 Å². The van der Waals surface area contributed by atoms with Crippen molar-refractivity contribution in [2.45, 2.75) is 37.4 Å². The molecule has 1 unspecified atom stereocenters. The summed E-state index contributed by atoms with van der Waals surface area (Å²) in [5, 5.41) is 1.15. The summed E-state index contributed by atoms with van der Waals surface area (Å²) in [7, 11) is 0. The summed E-state index contributed by atoms with van der Waals surface area (Å²) in [6, 6.07) is 17.3. The van der Waals surface area contributed by atoms with Crippen LogP contribution in [0, 0.1) is 0 Å². The van der Waals surface area contributed by atoms with Gasteiger partial charge in [0.25, 0.3) is 0 Å². The first-order valence-electron chi connectivity index (χ1n) is 10.7. The van der Waals surface area contributed by atoms with E-state index in [9.17, 15) is 9.59 Å². The number of amides is 2. The molecule has 1 aromatic heterocycles. The van der Waals surface area contributed by atoms with Crippen LogP contribution in [0.5, 0.6) is 0 Å². The molecule has 0 aliphatic carbocycles.